The fourth-order valence-electron chi connectivity index (χ4n) is 2.63. The molecule has 0 spiro atoms. The van der Waals surface area contributed by atoms with E-state index in [1.165, 1.54) is 57.1 Å². The van der Waals surface area contributed by atoms with E-state index < -0.39 is 0 Å². The summed E-state index contributed by atoms with van der Waals surface area (Å²) in [6.45, 7) is 11.2. The molecule has 0 aliphatic carbocycles. The Balaban J connectivity index is 2.12. The number of unbranched alkanes of at least 4 members (excludes halogenated alkanes) is 2. The van der Waals surface area contributed by atoms with Gasteiger partial charge < -0.3 is 4.90 Å². The van der Waals surface area contributed by atoms with Crippen LogP contribution in [0.2, 0.25) is 0 Å². The van der Waals surface area contributed by atoms with Crippen molar-refractivity contribution in [3.05, 3.63) is 0 Å². The predicted octanol–water partition coefficient (Wildman–Crippen LogP) is 4.31. The summed E-state index contributed by atoms with van der Waals surface area (Å²) in [4.78, 5) is 2.66. The van der Waals surface area contributed by atoms with Crippen LogP contribution in [-0.4, -0.2) is 29.9 Å². The van der Waals surface area contributed by atoms with E-state index in [4.69, 9.17) is 0 Å². The summed E-state index contributed by atoms with van der Waals surface area (Å²) in [7, 11) is 0. The number of piperidine rings is 1. The Labute approximate surface area is 110 Å². The SMILES string of the molecule is CC(C)(C)C1CCN(CCCCCBr)CC1. The Morgan fingerprint density at radius 3 is 2.19 bits per heavy atom. The molecule has 2 heteroatoms. The lowest BCUT2D eigenvalue weighted by molar-refractivity contribution is 0.111. The highest BCUT2D eigenvalue weighted by Gasteiger charge is 2.28. The zero-order chi connectivity index (χ0) is 12.0. The average Bonchev–Trinajstić information content (AvgIpc) is 2.24. The van der Waals surface area contributed by atoms with E-state index in [1.807, 2.05) is 0 Å². The van der Waals surface area contributed by atoms with Gasteiger partial charge in [-0.2, -0.15) is 0 Å². The number of rotatable bonds is 5. The number of alkyl halides is 1. The van der Waals surface area contributed by atoms with Gasteiger partial charge in [-0.15, -0.1) is 0 Å². The zero-order valence-electron chi connectivity index (χ0n) is 11.3. The van der Waals surface area contributed by atoms with Gasteiger partial charge in [0.05, 0.1) is 0 Å². The quantitative estimate of drug-likeness (QED) is 0.538. The van der Waals surface area contributed by atoms with E-state index in [0.717, 1.165) is 5.92 Å². The molecule has 1 saturated heterocycles. The van der Waals surface area contributed by atoms with E-state index in [0.29, 0.717) is 5.41 Å². The first kappa shape index (κ1) is 14.5. The summed E-state index contributed by atoms with van der Waals surface area (Å²) in [5.74, 6) is 0.936. The Hall–Kier alpha value is 0.440. The van der Waals surface area contributed by atoms with Crippen molar-refractivity contribution in [3.8, 4) is 0 Å². The summed E-state index contributed by atoms with van der Waals surface area (Å²) in [5.41, 5.74) is 0.516. The van der Waals surface area contributed by atoms with Crippen LogP contribution in [0.5, 0.6) is 0 Å². The monoisotopic (exact) mass is 289 g/mol. The van der Waals surface area contributed by atoms with Crippen molar-refractivity contribution >= 4 is 15.9 Å². The third-order valence-electron chi connectivity index (χ3n) is 3.92. The smallest absolute Gasteiger partial charge is 0.00313 e. The van der Waals surface area contributed by atoms with Gasteiger partial charge in [-0.25, -0.2) is 0 Å². The highest BCUT2D eigenvalue weighted by atomic mass is 79.9. The Morgan fingerprint density at radius 1 is 1.06 bits per heavy atom. The molecule has 1 aliphatic rings. The number of halogens is 1. The first-order valence-corrected chi connectivity index (χ1v) is 7.94. The van der Waals surface area contributed by atoms with Gasteiger partial charge in [0.1, 0.15) is 0 Å². The maximum absolute atomic E-state index is 3.49. The molecule has 0 aromatic carbocycles. The molecule has 0 unspecified atom stereocenters. The van der Waals surface area contributed by atoms with Crippen LogP contribution in [0.25, 0.3) is 0 Å². The van der Waals surface area contributed by atoms with Gasteiger partial charge >= 0.3 is 0 Å². The number of nitrogens with zero attached hydrogens (tertiary/aromatic N) is 1. The molecular formula is C14H28BrN. The highest BCUT2D eigenvalue weighted by Crippen LogP contribution is 2.34. The first-order valence-electron chi connectivity index (χ1n) is 6.82. The van der Waals surface area contributed by atoms with Gasteiger partial charge in [0.2, 0.25) is 0 Å². The Bertz CT molecular complexity index is 178. The molecule has 1 heterocycles. The molecular weight excluding hydrogens is 262 g/mol. The highest BCUT2D eigenvalue weighted by molar-refractivity contribution is 9.09. The molecule has 1 rings (SSSR count). The van der Waals surface area contributed by atoms with Crippen LogP contribution >= 0.6 is 15.9 Å². The van der Waals surface area contributed by atoms with Crippen LogP contribution < -0.4 is 0 Å². The second-order valence-electron chi connectivity index (χ2n) is 6.23. The van der Waals surface area contributed by atoms with Gasteiger partial charge in [-0.1, -0.05) is 43.1 Å². The predicted molar refractivity (Wildman–Crippen MR) is 76.3 cm³/mol. The molecule has 0 N–H and O–H groups in total. The van der Waals surface area contributed by atoms with Gasteiger partial charge in [0, 0.05) is 5.33 Å². The topological polar surface area (TPSA) is 3.24 Å². The molecule has 1 fully saturated rings. The van der Waals surface area contributed by atoms with Crippen molar-refractivity contribution in [3.63, 3.8) is 0 Å². The second-order valence-corrected chi connectivity index (χ2v) is 7.02. The van der Waals surface area contributed by atoms with E-state index in [9.17, 15) is 0 Å². The summed E-state index contributed by atoms with van der Waals surface area (Å²) in [6.07, 6.45) is 6.90. The maximum Gasteiger partial charge on any atom is 0.00313 e. The molecule has 1 aliphatic heterocycles. The minimum Gasteiger partial charge on any atom is -0.303 e. The fourth-order valence-corrected chi connectivity index (χ4v) is 3.03. The van der Waals surface area contributed by atoms with Gasteiger partial charge in [0.25, 0.3) is 0 Å². The number of hydrogen-bond donors (Lipinski definition) is 0. The number of likely N-dealkylation sites (tertiary alicyclic amines) is 1. The molecule has 0 saturated carbocycles. The second kappa shape index (κ2) is 7.00. The van der Waals surface area contributed by atoms with Gasteiger partial charge in [-0.05, 0) is 56.7 Å². The van der Waals surface area contributed by atoms with Crippen molar-refractivity contribution in [1.29, 1.82) is 0 Å². The van der Waals surface area contributed by atoms with Crippen molar-refractivity contribution in [1.82, 2.24) is 4.90 Å². The summed E-state index contributed by atoms with van der Waals surface area (Å²) in [6, 6.07) is 0. The largest absolute Gasteiger partial charge is 0.303 e. The molecule has 1 nitrogen and oxygen atoms in total. The van der Waals surface area contributed by atoms with Crippen LogP contribution in [-0.2, 0) is 0 Å². The Kier molecular flexibility index (Phi) is 6.35. The average molecular weight is 290 g/mol. The van der Waals surface area contributed by atoms with Crippen LogP contribution in [0.1, 0.15) is 52.9 Å². The van der Waals surface area contributed by atoms with Gasteiger partial charge in [-0.3, -0.25) is 0 Å². The minimum atomic E-state index is 0.516. The Morgan fingerprint density at radius 2 is 1.69 bits per heavy atom. The van der Waals surface area contributed by atoms with Crippen molar-refractivity contribution < 1.29 is 0 Å². The molecule has 0 amide bonds. The van der Waals surface area contributed by atoms with E-state index in [2.05, 4.69) is 41.6 Å². The van der Waals surface area contributed by atoms with Crippen LogP contribution in [0.4, 0.5) is 0 Å². The lowest BCUT2D eigenvalue weighted by Crippen LogP contribution is -2.38. The third kappa shape index (κ3) is 5.18. The molecule has 0 bridgehead atoms. The molecule has 0 aromatic rings. The van der Waals surface area contributed by atoms with Crippen molar-refractivity contribution in [2.45, 2.75) is 52.9 Å². The van der Waals surface area contributed by atoms with Crippen molar-refractivity contribution in [2.75, 3.05) is 25.0 Å². The lowest BCUT2D eigenvalue weighted by Gasteiger charge is -2.38. The first-order chi connectivity index (χ1) is 7.54. The summed E-state index contributed by atoms with van der Waals surface area (Å²) in [5, 5.41) is 1.17. The summed E-state index contributed by atoms with van der Waals surface area (Å²) >= 11 is 3.49. The maximum atomic E-state index is 3.49. The van der Waals surface area contributed by atoms with E-state index in [1.54, 1.807) is 0 Å². The molecule has 96 valence electrons. The standard InChI is InChI=1S/C14H28BrN/c1-14(2,3)13-7-11-16(12-8-13)10-6-4-5-9-15/h13H,4-12H2,1-3H3. The molecule has 16 heavy (non-hydrogen) atoms. The van der Waals surface area contributed by atoms with Crippen LogP contribution in [0, 0.1) is 11.3 Å². The van der Waals surface area contributed by atoms with Crippen molar-refractivity contribution in [2.24, 2.45) is 11.3 Å². The van der Waals surface area contributed by atoms with E-state index in [-0.39, 0.29) is 0 Å². The normalized spacial score (nSPS) is 20.2. The van der Waals surface area contributed by atoms with Crippen LogP contribution in [0.15, 0.2) is 0 Å². The zero-order valence-corrected chi connectivity index (χ0v) is 12.9. The minimum absolute atomic E-state index is 0.516. The van der Waals surface area contributed by atoms with Crippen LogP contribution in [0.3, 0.4) is 0 Å². The summed E-state index contributed by atoms with van der Waals surface area (Å²) < 4.78 is 0. The van der Waals surface area contributed by atoms with Gasteiger partial charge in [0.15, 0.2) is 0 Å². The molecule has 0 atom stereocenters. The van der Waals surface area contributed by atoms with E-state index >= 15 is 0 Å². The molecule has 0 aromatic heterocycles. The third-order valence-corrected chi connectivity index (χ3v) is 4.48. The molecule has 0 radical (unpaired) electrons. The number of hydrogen-bond acceptors (Lipinski definition) is 1. The lowest BCUT2D eigenvalue weighted by atomic mass is 9.75. The fraction of sp³-hybridized carbons (Fsp3) is 1.00.